The van der Waals surface area contributed by atoms with Crippen LogP contribution in [0.2, 0.25) is 0 Å². The Bertz CT molecular complexity index is 399. The molecule has 2 fully saturated rings. The van der Waals surface area contributed by atoms with Gasteiger partial charge in [-0.2, -0.15) is 0 Å². The third kappa shape index (κ3) is 3.69. The number of nitrogens with one attached hydrogen (secondary N) is 1. The highest BCUT2D eigenvalue weighted by molar-refractivity contribution is 5.79. The summed E-state index contributed by atoms with van der Waals surface area (Å²) in [6.07, 6.45) is 6.55. The molecule has 1 saturated carbocycles. The summed E-state index contributed by atoms with van der Waals surface area (Å²) in [5.41, 5.74) is -0.730. The first-order valence-electron chi connectivity index (χ1n) is 8.25. The lowest BCUT2D eigenvalue weighted by atomic mass is 9.83. The highest BCUT2D eigenvalue weighted by atomic mass is 16.4. The van der Waals surface area contributed by atoms with E-state index in [1.807, 2.05) is 6.92 Å². The maximum Gasteiger partial charge on any atom is 0.317 e. The fraction of sp³-hybridized carbons (Fsp3) is 0.875. The van der Waals surface area contributed by atoms with E-state index >= 15 is 0 Å². The normalized spacial score (nSPS) is 33.0. The van der Waals surface area contributed by atoms with Gasteiger partial charge >= 0.3 is 12.0 Å². The zero-order valence-electron chi connectivity index (χ0n) is 13.2. The van der Waals surface area contributed by atoms with Crippen LogP contribution in [0, 0.1) is 11.3 Å². The van der Waals surface area contributed by atoms with E-state index in [0.717, 1.165) is 19.3 Å². The summed E-state index contributed by atoms with van der Waals surface area (Å²) in [6, 6.07) is 0.181. The molecule has 1 heterocycles. The van der Waals surface area contributed by atoms with Crippen molar-refractivity contribution in [3.8, 4) is 0 Å². The molecule has 0 aromatic rings. The molecule has 0 aromatic heterocycles. The minimum atomic E-state index is -0.758. The van der Waals surface area contributed by atoms with Crippen LogP contribution in [-0.2, 0) is 4.79 Å². The molecular weight excluding hydrogens is 268 g/mol. The summed E-state index contributed by atoms with van der Waals surface area (Å²) in [5, 5.41) is 12.6. The van der Waals surface area contributed by atoms with Crippen LogP contribution in [-0.4, -0.2) is 41.1 Å². The molecular formula is C16H28N2O3. The standard InChI is InChI=1S/C16H28N2O3/c1-3-7-16(14(19)20)8-9-18(11-16)15(21)17-13-6-4-5-12(2)10-13/h12-13H,3-11H2,1-2H3,(H,17,21)(H,19,20). The monoisotopic (exact) mass is 296 g/mol. The fourth-order valence-corrected chi connectivity index (χ4v) is 3.84. The van der Waals surface area contributed by atoms with Crippen LogP contribution >= 0.6 is 0 Å². The summed E-state index contributed by atoms with van der Waals surface area (Å²) in [4.78, 5) is 25.6. The number of likely N-dealkylation sites (tertiary alicyclic amines) is 1. The number of nitrogens with zero attached hydrogens (tertiary/aromatic N) is 1. The smallest absolute Gasteiger partial charge is 0.317 e. The largest absolute Gasteiger partial charge is 0.481 e. The first-order chi connectivity index (χ1) is 9.97. The number of amides is 2. The molecule has 0 radical (unpaired) electrons. The number of aliphatic carboxylic acids is 1. The Hall–Kier alpha value is -1.26. The van der Waals surface area contributed by atoms with E-state index in [2.05, 4.69) is 12.2 Å². The van der Waals surface area contributed by atoms with Crippen LogP contribution in [0.15, 0.2) is 0 Å². The Morgan fingerprint density at radius 2 is 2.14 bits per heavy atom. The lowest BCUT2D eigenvalue weighted by Crippen LogP contribution is -2.46. The summed E-state index contributed by atoms with van der Waals surface area (Å²) in [5.74, 6) is -0.0910. The van der Waals surface area contributed by atoms with Crippen LogP contribution in [0.3, 0.4) is 0 Å². The molecule has 2 N–H and O–H groups in total. The lowest BCUT2D eigenvalue weighted by molar-refractivity contribution is -0.148. The lowest BCUT2D eigenvalue weighted by Gasteiger charge is -2.30. The van der Waals surface area contributed by atoms with E-state index in [1.165, 1.54) is 12.8 Å². The zero-order valence-corrected chi connectivity index (χ0v) is 13.2. The van der Waals surface area contributed by atoms with Gasteiger partial charge in [-0.1, -0.05) is 33.1 Å². The molecule has 1 aliphatic carbocycles. The molecule has 0 aromatic carbocycles. The van der Waals surface area contributed by atoms with Crippen LogP contribution < -0.4 is 5.32 Å². The third-order valence-corrected chi connectivity index (χ3v) is 5.09. The molecule has 3 atom stereocenters. The summed E-state index contributed by atoms with van der Waals surface area (Å²) in [7, 11) is 0. The average Bonchev–Trinajstić information content (AvgIpc) is 2.85. The van der Waals surface area contributed by atoms with Gasteiger partial charge in [0.2, 0.25) is 0 Å². The van der Waals surface area contributed by atoms with Crippen molar-refractivity contribution in [3.63, 3.8) is 0 Å². The van der Waals surface area contributed by atoms with Crippen LogP contribution in [0.5, 0.6) is 0 Å². The second kappa shape index (κ2) is 6.67. The molecule has 2 aliphatic rings. The maximum atomic E-state index is 12.4. The van der Waals surface area contributed by atoms with Crippen molar-refractivity contribution in [2.75, 3.05) is 13.1 Å². The van der Waals surface area contributed by atoms with E-state index in [0.29, 0.717) is 31.8 Å². The third-order valence-electron chi connectivity index (χ3n) is 5.09. The van der Waals surface area contributed by atoms with Crippen molar-refractivity contribution in [3.05, 3.63) is 0 Å². The molecule has 1 saturated heterocycles. The number of urea groups is 1. The van der Waals surface area contributed by atoms with E-state index in [1.54, 1.807) is 4.90 Å². The van der Waals surface area contributed by atoms with Gasteiger partial charge in [-0.15, -0.1) is 0 Å². The van der Waals surface area contributed by atoms with Crippen LogP contribution in [0.1, 0.15) is 58.8 Å². The Kier molecular flexibility index (Phi) is 5.12. The number of hydrogen-bond donors (Lipinski definition) is 2. The first kappa shape index (κ1) is 16.1. The first-order valence-corrected chi connectivity index (χ1v) is 8.25. The van der Waals surface area contributed by atoms with Gasteiger partial charge in [0.1, 0.15) is 0 Å². The second-order valence-electron chi connectivity index (χ2n) is 6.93. The Labute approximate surface area is 127 Å². The van der Waals surface area contributed by atoms with E-state index in [9.17, 15) is 14.7 Å². The molecule has 120 valence electrons. The quantitative estimate of drug-likeness (QED) is 0.838. The molecule has 0 bridgehead atoms. The van der Waals surface area contributed by atoms with Gasteiger partial charge in [-0.3, -0.25) is 4.79 Å². The number of carboxylic acids is 1. The number of rotatable bonds is 4. The molecule has 5 heteroatoms. The van der Waals surface area contributed by atoms with Gasteiger partial charge in [-0.25, -0.2) is 4.79 Å². The van der Waals surface area contributed by atoms with E-state index < -0.39 is 11.4 Å². The summed E-state index contributed by atoms with van der Waals surface area (Å²) in [6.45, 7) is 5.13. The van der Waals surface area contributed by atoms with Gasteiger partial charge in [0.15, 0.2) is 0 Å². The van der Waals surface area contributed by atoms with Crippen molar-refractivity contribution in [1.29, 1.82) is 0 Å². The number of hydrogen-bond acceptors (Lipinski definition) is 2. The van der Waals surface area contributed by atoms with Gasteiger partial charge < -0.3 is 15.3 Å². The van der Waals surface area contributed by atoms with E-state index in [4.69, 9.17) is 0 Å². The van der Waals surface area contributed by atoms with Crippen molar-refractivity contribution >= 4 is 12.0 Å². The van der Waals surface area contributed by atoms with E-state index in [-0.39, 0.29) is 12.1 Å². The molecule has 0 spiro atoms. The SMILES string of the molecule is CCCC1(C(=O)O)CCN(C(=O)NC2CCCC(C)C2)C1. The van der Waals surface area contributed by atoms with Crippen molar-refractivity contribution in [1.82, 2.24) is 10.2 Å². The molecule has 1 aliphatic heterocycles. The number of carbonyl (C=O) groups excluding carboxylic acids is 1. The number of carboxylic acid groups (broad SMARTS) is 1. The van der Waals surface area contributed by atoms with Crippen molar-refractivity contribution in [2.45, 2.75) is 64.8 Å². The maximum absolute atomic E-state index is 12.4. The average molecular weight is 296 g/mol. The van der Waals surface area contributed by atoms with Gasteiger partial charge in [0.05, 0.1) is 5.41 Å². The zero-order chi connectivity index (χ0) is 15.5. The molecule has 21 heavy (non-hydrogen) atoms. The predicted molar refractivity (Wildman–Crippen MR) is 81.1 cm³/mol. The van der Waals surface area contributed by atoms with Crippen LogP contribution in [0.25, 0.3) is 0 Å². The molecule has 3 unspecified atom stereocenters. The van der Waals surface area contributed by atoms with Gasteiger partial charge in [0, 0.05) is 19.1 Å². The predicted octanol–water partition coefficient (Wildman–Crippen LogP) is 2.85. The Morgan fingerprint density at radius 3 is 2.76 bits per heavy atom. The van der Waals surface area contributed by atoms with Crippen molar-refractivity contribution < 1.29 is 14.7 Å². The van der Waals surface area contributed by atoms with Gasteiger partial charge in [0.25, 0.3) is 0 Å². The second-order valence-corrected chi connectivity index (χ2v) is 6.93. The molecule has 2 amide bonds. The number of carbonyl (C=O) groups is 2. The van der Waals surface area contributed by atoms with Crippen LogP contribution in [0.4, 0.5) is 4.79 Å². The van der Waals surface area contributed by atoms with Gasteiger partial charge in [-0.05, 0) is 31.6 Å². The molecule has 5 nitrogen and oxygen atoms in total. The highest BCUT2D eigenvalue weighted by Gasteiger charge is 2.45. The molecule has 2 rings (SSSR count). The summed E-state index contributed by atoms with van der Waals surface area (Å²) < 4.78 is 0. The highest BCUT2D eigenvalue weighted by Crippen LogP contribution is 2.35. The fourth-order valence-electron chi connectivity index (χ4n) is 3.84. The topological polar surface area (TPSA) is 69.6 Å². The minimum Gasteiger partial charge on any atom is -0.481 e. The van der Waals surface area contributed by atoms with Crippen molar-refractivity contribution in [2.24, 2.45) is 11.3 Å². The summed E-state index contributed by atoms with van der Waals surface area (Å²) >= 11 is 0. The minimum absolute atomic E-state index is 0.0756. The Balaban J connectivity index is 1.90. The Morgan fingerprint density at radius 1 is 1.38 bits per heavy atom.